The van der Waals surface area contributed by atoms with Crippen molar-refractivity contribution in [2.45, 2.75) is 37.6 Å². The van der Waals surface area contributed by atoms with E-state index in [0.29, 0.717) is 6.42 Å². The van der Waals surface area contributed by atoms with Gasteiger partial charge in [0, 0.05) is 6.42 Å². The summed E-state index contributed by atoms with van der Waals surface area (Å²) >= 11 is 0. The number of hydrogen-bond donors (Lipinski definition) is 1. The molecule has 0 spiro atoms. The van der Waals surface area contributed by atoms with Crippen LogP contribution in [-0.4, -0.2) is 11.3 Å². The first-order valence-electron chi connectivity index (χ1n) is 4.12. The smallest absolute Gasteiger partial charge is 0.152 e. The largest absolute Gasteiger partial charge is 0.319 e. The lowest BCUT2D eigenvalue weighted by Gasteiger charge is -2.36. The summed E-state index contributed by atoms with van der Waals surface area (Å²) in [6.07, 6.45) is 5.96. The molecule has 0 aromatic heterocycles. The van der Waals surface area contributed by atoms with Crippen LogP contribution in [0.2, 0.25) is 0 Å². The fourth-order valence-corrected chi connectivity index (χ4v) is 1.32. The van der Waals surface area contributed by atoms with Gasteiger partial charge in [-0.25, -0.2) is 0 Å². The molecular weight excluding hydrogens is 138 g/mol. The lowest BCUT2D eigenvalue weighted by Crippen LogP contribution is -2.53. The summed E-state index contributed by atoms with van der Waals surface area (Å²) < 4.78 is 0. The monoisotopic (exact) mass is 153 g/mol. The second-order valence-electron chi connectivity index (χ2n) is 3.26. The van der Waals surface area contributed by atoms with Gasteiger partial charge in [0.2, 0.25) is 0 Å². The highest BCUT2D eigenvalue weighted by Gasteiger charge is 2.38. The first kappa shape index (κ1) is 8.47. The fourth-order valence-electron chi connectivity index (χ4n) is 1.32. The average molecular weight is 153 g/mol. The number of rotatable bonds is 4. The van der Waals surface area contributed by atoms with Gasteiger partial charge in [0.1, 0.15) is 0 Å². The van der Waals surface area contributed by atoms with Crippen LogP contribution in [0.4, 0.5) is 0 Å². The van der Waals surface area contributed by atoms with Crippen molar-refractivity contribution in [3.63, 3.8) is 0 Å². The van der Waals surface area contributed by atoms with Crippen LogP contribution in [0, 0.1) is 0 Å². The molecule has 0 radical (unpaired) electrons. The SMILES string of the molecule is C=CCCC(=O)C1(N)CCC1. The minimum absolute atomic E-state index is 0.212. The zero-order valence-corrected chi connectivity index (χ0v) is 6.81. The van der Waals surface area contributed by atoms with Crippen molar-refractivity contribution in [2.24, 2.45) is 5.73 Å². The van der Waals surface area contributed by atoms with Gasteiger partial charge in [0.25, 0.3) is 0 Å². The molecule has 2 N–H and O–H groups in total. The summed E-state index contributed by atoms with van der Waals surface area (Å²) in [6.45, 7) is 3.57. The molecule has 1 rings (SSSR count). The van der Waals surface area contributed by atoms with Crippen LogP contribution in [-0.2, 0) is 4.79 Å². The lowest BCUT2D eigenvalue weighted by molar-refractivity contribution is -0.126. The summed E-state index contributed by atoms with van der Waals surface area (Å²) in [7, 11) is 0. The van der Waals surface area contributed by atoms with Crippen LogP contribution in [0.25, 0.3) is 0 Å². The maximum atomic E-state index is 11.3. The van der Waals surface area contributed by atoms with Crippen LogP contribution in [0.5, 0.6) is 0 Å². The van der Waals surface area contributed by atoms with Crippen LogP contribution in [0.15, 0.2) is 12.7 Å². The highest BCUT2D eigenvalue weighted by Crippen LogP contribution is 2.31. The Morgan fingerprint density at radius 1 is 1.64 bits per heavy atom. The normalized spacial score (nSPS) is 20.5. The highest BCUT2D eigenvalue weighted by atomic mass is 16.1. The zero-order chi connectivity index (χ0) is 8.32. The van der Waals surface area contributed by atoms with E-state index in [2.05, 4.69) is 6.58 Å². The maximum absolute atomic E-state index is 11.3. The molecule has 0 aromatic rings. The third kappa shape index (κ3) is 1.69. The summed E-state index contributed by atoms with van der Waals surface area (Å²) in [5.41, 5.74) is 5.35. The van der Waals surface area contributed by atoms with Crippen molar-refractivity contribution in [1.82, 2.24) is 0 Å². The quantitative estimate of drug-likeness (QED) is 0.620. The van der Waals surface area contributed by atoms with E-state index < -0.39 is 5.54 Å². The van der Waals surface area contributed by atoms with Crippen molar-refractivity contribution in [1.29, 1.82) is 0 Å². The molecule has 0 bridgehead atoms. The Kier molecular flexibility index (Phi) is 2.45. The van der Waals surface area contributed by atoms with Gasteiger partial charge in [-0.3, -0.25) is 4.79 Å². The Morgan fingerprint density at radius 2 is 2.27 bits per heavy atom. The number of carbonyl (C=O) groups is 1. The summed E-state index contributed by atoms with van der Waals surface area (Å²) in [5, 5.41) is 0. The molecular formula is C9H15NO. The van der Waals surface area contributed by atoms with Gasteiger partial charge in [0.15, 0.2) is 5.78 Å². The van der Waals surface area contributed by atoms with E-state index >= 15 is 0 Å². The number of ketones is 1. The number of allylic oxidation sites excluding steroid dienone is 1. The van der Waals surface area contributed by atoms with Gasteiger partial charge in [-0.2, -0.15) is 0 Å². The van der Waals surface area contributed by atoms with E-state index in [1.165, 1.54) is 0 Å². The Balaban J connectivity index is 2.34. The van der Waals surface area contributed by atoms with E-state index in [9.17, 15) is 4.79 Å². The molecule has 2 nitrogen and oxygen atoms in total. The molecule has 1 fully saturated rings. The Hall–Kier alpha value is -0.630. The third-order valence-corrected chi connectivity index (χ3v) is 2.38. The molecule has 62 valence electrons. The zero-order valence-electron chi connectivity index (χ0n) is 6.81. The number of Topliss-reactive ketones (excluding diaryl/α,β-unsaturated/α-hetero) is 1. The molecule has 0 atom stereocenters. The van der Waals surface area contributed by atoms with Gasteiger partial charge in [-0.1, -0.05) is 6.08 Å². The fraction of sp³-hybridized carbons (Fsp3) is 0.667. The molecule has 0 heterocycles. The summed E-state index contributed by atoms with van der Waals surface area (Å²) in [6, 6.07) is 0. The van der Waals surface area contributed by atoms with Crippen molar-refractivity contribution >= 4 is 5.78 Å². The van der Waals surface area contributed by atoms with Gasteiger partial charge in [-0.15, -0.1) is 6.58 Å². The Bertz CT molecular complexity index is 170. The Labute approximate surface area is 67.5 Å². The topological polar surface area (TPSA) is 43.1 Å². The standard InChI is InChI=1S/C9H15NO/c1-2-3-5-8(11)9(10)6-4-7-9/h2H,1,3-7,10H2. The minimum Gasteiger partial charge on any atom is -0.319 e. The number of carbonyl (C=O) groups excluding carboxylic acids is 1. The predicted molar refractivity (Wildman–Crippen MR) is 45.2 cm³/mol. The van der Waals surface area contributed by atoms with E-state index in [1.807, 2.05) is 0 Å². The van der Waals surface area contributed by atoms with Crippen molar-refractivity contribution in [3.8, 4) is 0 Å². The first-order valence-corrected chi connectivity index (χ1v) is 4.12. The molecule has 1 saturated carbocycles. The molecule has 1 aliphatic rings. The van der Waals surface area contributed by atoms with Crippen molar-refractivity contribution < 1.29 is 4.79 Å². The molecule has 2 heteroatoms. The van der Waals surface area contributed by atoms with E-state index in [4.69, 9.17) is 5.73 Å². The molecule has 0 aromatic carbocycles. The average Bonchev–Trinajstić information content (AvgIpc) is 1.95. The Morgan fingerprint density at radius 3 is 2.64 bits per heavy atom. The molecule has 11 heavy (non-hydrogen) atoms. The number of nitrogens with two attached hydrogens (primary N) is 1. The van der Waals surface area contributed by atoms with Gasteiger partial charge < -0.3 is 5.73 Å². The van der Waals surface area contributed by atoms with E-state index in [1.54, 1.807) is 6.08 Å². The molecule has 0 aliphatic heterocycles. The molecule has 0 saturated heterocycles. The van der Waals surface area contributed by atoms with E-state index in [0.717, 1.165) is 25.7 Å². The lowest BCUT2D eigenvalue weighted by atomic mass is 9.73. The third-order valence-electron chi connectivity index (χ3n) is 2.38. The second-order valence-corrected chi connectivity index (χ2v) is 3.26. The van der Waals surface area contributed by atoms with Gasteiger partial charge in [-0.05, 0) is 25.7 Å². The summed E-state index contributed by atoms with van der Waals surface area (Å²) in [5.74, 6) is 0.212. The van der Waals surface area contributed by atoms with Crippen LogP contribution in [0.3, 0.4) is 0 Å². The van der Waals surface area contributed by atoms with E-state index in [-0.39, 0.29) is 5.78 Å². The highest BCUT2D eigenvalue weighted by molar-refractivity contribution is 5.89. The predicted octanol–water partition coefficient (Wildman–Crippen LogP) is 1.40. The number of hydrogen-bond acceptors (Lipinski definition) is 2. The minimum atomic E-state index is -0.455. The van der Waals surface area contributed by atoms with Gasteiger partial charge in [0.05, 0.1) is 5.54 Å². The second kappa shape index (κ2) is 3.18. The molecule has 0 amide bonds. The van der Waals surface area contributed by atoms with Crippen LogP contribution < -0.4 is 5.73 Å². The van der Waals surface area contributed by atoms with Crippen LogP contribution in [0.1, 0.15) is 32.1 Å². The summed E-state index contributed by atoms with van der Waals surface area (Å²) in [4.78, 5) is 11.3. The molecule has 1 aliphatic carbocycles. The van der Waals surface area contributed by atoms with Gasteiger partial charge >= 0.3 is 0 Å². The maximum Gasteiger partial charge on any atom is 0.152 e. The molecule has 0 unspecified atom stereocenters. The first-order chi connectivity index (χ1) is 5.19. The van der Waals surface area contributed by atoms with Crippen molar-refractivity contribution in [2.75, 3.05) is 0 Å². The van der Waals surface area contributed by atoms with Crippen LogP contribution >= 0.6 is 0 Å². The van der Waals surface area contributed by atoms with Crippen molar-refractivity contribution in [3.05, 3.63) is 12.7 Å².